The third-order valence-electron chi connectivity index (χ3n) is 0.662. The van der Waals surface area contributed by atoms with Gasteiger partial charge < -0.3 is 14.9 Å². The highest BCUT2D eigenvalue weighted by Gasteiger charge is 2.19. The number of rotatable bonds is 4. The second-order valence-corrected chi connectivity index (χ2v) is 4.46. The molecule has 0 aromatic heterocycles. The van der Waals surface area contributed by atoms with E-state index in [1.54, 1.807) is 0 Å². The van der Waals surface area contributed by atoms with E-state index in [-0.39, 0.29) is 0 Å². The lowest BCUT2D eigenvalue weighted by atomic mass is 10.7. The number of aliphatic hydroxyl groups excluding tert-OH is 1. The average Bonchev–Trinajstić information content (AvgIpc) is 1.81. The van der Waals surface area contributed by atoms with Crippen LogP contribution >= 0.6 is 15.9 Å². The van der Waals surface area contributed by atoms with Gasteiger partial charge in [-0.3, -0.25) is 9.13 Å². The van der Waals surface area contributed by atoms with E-state index in [1.807, 2.05) is 0 Å². The van der Waals surface area contributed by atoms with Gasteiger partial charge >= 0.3 is 15.9 Å². The summed E-state index contributed by atoms with van der Waals surface area (Å²) in [6.45, 7) is 0. The summed E-state index contributed by atoms with van der Waals surface area (Å²) in [6.07, 6.45) is 1.02. The average molecular weight is 202 g/mol. The molecule has 0 amide bonds. The molecular formula is C3H8O6P2. The molecule has 0 radical (unpaired) electrons. The second kappa shape index (κ2) is 4.70. The summed E-state index contributed by atoms with van der Waals surface area (Å²) < 4.78 is 24.3. The van der Waals surface area contributed by atoms with Gasteiger partial charge in [0, 0.05) is 0 Å². The lowest BCUT2D eigenvalue weighted by Gasteiger charge is -2.05. The monoisotopic (exact) mass is 202 g/mol. The van der Waals surface area contributed by atoms with E-state index in [4.69, 9.17) is 14.9 Å². The van der Waals surface area contributed by atoms with Crippen molar-refractivity contribution in [1.82, 2.24) is 0 Å². The van der Waals surface area contributed by atoms with E-state index in [2.05, 4.69) is 4.31 Å². The number of allylic oxidation sites excluding steroid dienone is 1. The van der Waals surface area contributed by atoms with E-state index in [1.165, 1.54) is 0 Å². The molecule has 11 heavy (non-hydrogen) atoms. The van der Waals surface area contributed by atoms with Gasteiger partial charge in [0.15, 0.2) is 0 Å². The highest BCUT2D eigenvalue weighted by atomic mass is 31.2. The van der Waals surface area contributed by atoms with Crippen molar-refractivity contribution in [3.05, 3.63) is 12.3 Å². The zero-order valence-electron chi connectivity index (χ0n) is 5.38. The summed E-state index contributed by atoms with van der Waals surface area (Å²) in [6, 6.07) is 0. The van der Waals surface area contributed by atoms with Crippen LogP contribution in [0.4, 0.5) is 0 Å². The Hall–Kier alpha value is -0.120. The SMILES string of the molecule is O=[PH](O)OP(=O)(O)CC=CO. The molecule has 2 atom stereocenters. The van der Waals surface area contributed by atoms with Crippen LogP contribution < -0.4 is 0 Å². The van der Waals surface area contributed by atoms with Gasteiger partial charge in [0.25, 0.3) is 0 Å². The van der Waals surface area contributed by atoms with Crippen LogP contribution in [0.2, 0.25) is 0 Å². The molecule has 0 aromatic carbocycles. The second-order valence-electron chi connectivity index (χ2n) is 1.56. The fourth-order valence-corrected chi connectivity index (χ4v) is 1.97. The summed E-state index contributed by atoms with van der Waals surface area (Å²) in [5.41, 5.74) is 0. The summed E-state index contributed by atoms with van der Waals surface area (Å²) in [5.74, 6) is 0. The van der Waals surface area contributed by atoms with Gasteiger partial charge in [-0.05, 0) is 6.08 Å². The van der Waals surface area contributed by atoms with Crippen LogP contribution in [0.25, 0.3) is 0 Å². The molecule has 0 aromatic rings. The molecule has 2 unspecified atom stereocenters. The highest BCUT2D eigenvalue weighted by Crippen LogP contribution is 2.49. The van der Waals surface area contributed by atoms with Gasteiger partial charge in [-0.2, -0.15) is 0 Å². The van der Waals surface area contributed by atoms with Crippen LogP contribution in [0.5, 0.6) is 0 Å². The van der Waals surface area contributed by atoms with Crippen molar-refractivity contribution in [1.29, 1.82) is 0 Å². The predicted molar refractivity (Wildman–Crippen MR) is 38.8 cm³/mol. The predicted octanol–water partition coefficient (Wildman–Crippen LogP) is 0.642. The fourth-order valence-electron chi connectivity index (χ4n) is 0.340. The van der Waals surface area contributed by atoms with E-state index < -0.39 is 22.0 Å². The fraction of sp³-hybridized carbons (Fsp3) is 0.333. The number of aliphatic hydroxyl groups is 1. The van der Waals surface area contributed by atoms with E-state index >= 15 is 0 Å². The van der Waals surface area contributed by atoms with Crippen LogP contribution in [0, 0.1) is 0 Å². The first kappa shape index (κ1) is 10.9. The molecule has 0 spiro atoms. The van der Waals surface area contributed by atoms with Crippen molar-refractivity contribution in [3.8, 4) is 0 Å². The van der Waals surface area contributed by atoms with Crippen LogP contribution in [0.3, 0.4) is 0 Å². The molecule has 6 nitrogen and oxygen atoms in total. The maximum absolute atomic E-state index is 10.6. The minimum atomic E-state index is -4.03. The Morgan fingerprint density at radius 1 is 1.64 bits per heavy atom. The summed E-state index contributed by atoms with van der Waals surface area (Å²) >= 11 is 0. The van der Waals surface area contributed by atoms with Crippen molar-refractivity contribution >= 4 is 15.9 Å². The van der Waals surface area contributed by atoms with Crippen molar-refractivity contribution in [3.63, 3.8) is 0 Å². The van der Waals surface area contributed by atoms with Gasteiger partial charge in [-0.1, -0.05) is 0 Å². The van der Waals surface area contributed by atoms with Crippen LogP contribution in [0.15, 0.2) is 12.3 Å². The Morgan fingerprint density at radius 3 is 2.55 bits per heavy atom. The molecule has 66 valence electrons. The normalized spacial score (nSPS) is 19.8. The smallest absolute Gasteiger partial charge is 0.338 e. The lowest BCUT2D eigenvalue weighted by molar-refractivity contribution is 0.352. The Morgan fingerprint density at radius 2 is 2.18 bits per heavy atom. The molecule has 0 rings (SSSR count). The maximum Gasteiger partial charge on any atom is 0.338 e. The minimum Gasteiger partial charge on any atom is -0.516 e. The Bertz CT molecular complexity index is 210. The largest absolute Gasteiger partial charge is 0.516 e. The molecule has 3 N–H and O–H groups in total. The molecule has 0 aliphatic heterocycles. The van der Waals surface area contributed by atoms with Crippen molar-refractivity contribution in [2.75, 3.05) is 6.16 Å². The van der Waals surface area contributed by atoms with Crippen LogP contribution in [0.1, 0.15) is 0 Å². The summed E-state index contributed by atoms with van der Waals surface area (Å²) in [5, 5.41) is 8.06. The van der Waals surface area contributed by atoms with Crippen molar-refractivity contribution in [2.45, 2.75) is 0 Å². The molecule has 0 fully saturated rings. The topological polar surface area (TPSA) is 104 Å². The minimum absolute atomic E-state index is 0.486. The summed E-state index contributed by atoms with van der Waals surface area (Å²) in [4.78, 5) is 16.7. The third kappa shape index (κ3) is 6.28. The molecule has 0 bridgehead atoms. The van der Waals surface area contributed by atoms with Crippen LogP contribution in [-0.2, 0) is 13.4 Å². The molecular weight excluding hydrogens is 194 g/mol. The summed E-state index contributed by atoms with van der Waals surface area (Å²) in [7, 11) is -7.43. The van der Waals surface area contributed by atoms with Gasteiger partial charge in [0.2, 0.25) is 0 Å². The van der Waals surface area contributed by atoms with Crippen LogP contribution in [-0.4, -0.2) is 21.1 Å². The zero-order chi connectivity index (χ0) is 8.91. The lowest BCUT2D eigenvalue weighted by Crippen LogP contribution is -1.85. The van der Waals surface area contributed by atoms with Gasteiger partial charge in [-0.15, -0.1) is 0 Å². The molecule has 0 saturated heterocycles. The van der Waals surface area contributed by atoms with E-state index in [0.29, 0.717) is 6.26 Å². The Balaban J connectivity index is 4.01. The number of hydrogen-bond donors (Lipinski definition) is 3. The Kier molecular flexibility index (Phi) is 4.65. The quantitative estimate of drug-likeness (QED) is 0.456. The molecule has 0 aliphatic rings. The molecule has 8 heteroatoms. The first-order valence-corrected chi connectivity index (χ1v) is 5.54. The number of hydrogen-bond acceptors (Lipinski definition) is 4. The Labute approximate surface area is 63.6 Å². The molecule has 0 aliphatic carbocycles. The molecule has 0 saturated carbocycles. The van der Waals surface area contributed by atoms with Gasteiger partial charge in [0.1, 0.15) is 0 Å². The van der Waals surface area contributed by atoms with Gasteiger partial charge in [-0.25, -0.2) is 4.31 Å². The van der Waals surface area contributed by atoms with Crippen molar-refractivity contribution < 1.29 is 28.3 Å². The van der Waals surface area contributed by atoms with E-state index in [0.717, 1.165) is 6.08 Å². The zero-order valence-corrected chi connectivity index (χ0v) is 7.27. The van der Waals surface area contributed by atoms with E-state index in [9.17, 15) is 9.13 Å². The first-order valence-electron chi connectivity index (χ1n) is 2.51. The third-order valence-corrected chi connectivity index (χ3v) is 3.10. The highest BCUT2D eigenvalue weighted by molar-refractivity contribution is 7.59. The van der Waals surface area contributed by atoms with Crippen molar-refractivity contribution in [2.24, 2.45) is 0 Å². The first-order chi connectivity index (χ1) is 4.98. The van der Waals surface area contributed by atoms with Gasteiger partial charge in [0.05, 0.1) is 12.4 Å². The standard InChI is InChI=1S/C3H8O6P2/c4-2-1-3-11(7,8)9-10(5)6/h1-2,4,10H,3H2,(H,5,6)(H,7,8). The molecule has 0 heterocycles. The maximum atomic E-state index is 10.6.